The molecule has 0 aliphatic heterocycles. The van der Waals surface area contributed by atoms with Crippen LogP contribution in [-0.2, 0) is 9.59 Å². The van der Waals surface area contributed by atoms with E-state index in [-0.39, 0.29) is 36.2 Å². The van der Waals surface area contributed by atoms with Gasteiger partial charge in [0.1, 0.15) is 6.04 Å². The van der Waals surface area contributed by atoms with Gasteiger partial charge in [-0.2, -0.15) is 0 Å². The van der Waals surface area contributed by atoms with E-state index in [1.165, 1.54) is 6.42 Å². The Balaban J connectivity index is 0.00000280. The Kier molecular flexibility index (Phi) is 8.32. The average Bonchev–Trinajstić information content (AvgIpc) is 2.65. The van der Waals surface area contributed by atoms with Gasteiger partial charge in [-0.1, -0.05) is 31.5 Å². The van der Waals surface area contributed by atoms with Gasteiger partial charge in [-0.3, -0.25) is 9.59 Å². The Morgan fingerprint density at radius 3 is 2.36 bits per heavy atom. The molecule has 2 aliphatic carbocycles. The minimum atomic E-state index is -0.479. The van der Waals surface area contributed by atoms with Gasteiger partial charge in [0.15, 0.2) is 0 Å². The maximum Gasteiger partial charge on any atom is 0.246 e. The second-order valence-corrected chi connectivity index (χ2v) is 8.26. The monoisotopic (exact) mass is 407 g/mol. The van der Waals surface area contributed by atoms with E-state index in [0.29, 0.717) is 18.4 Å². The molecule has 3 atom stereocenters. The second kappa shape index (κ2) is 10.3. The summed E-state index contributed by atoms with van der Waals surface area (Å²) in [6.07, 6.45) is 6.11. The van der Waals surface area contributed by atoms with Crippen molar-refractivity contribution < 1.29 is 9.59 Å². The van der Waals surface area contributed by atoms with E-state index in [9.17, 15) is 9.59 Å². The highest BCUT2D eigenvalue weighted by molar-refractivity contribution is 5.97. The SMILES string of the molecule is CCCN(C(=O)C1CC2CCCC(C1)C2N)C(C)C(=O)Nc1ccccc1.Cl. The van der Waals surface area contributed by atoms with Crippen molar-refractivity contribution in [2.45, 2.75) is 64.5 Å². The number of benzene rings is 1. The van der Waals surface area contributed by atoms with Gasteiger partial charge in [0, 0.05) is 24.2 Å². The zero-order valence-electron chi connectivity index (χ0n) is 17.0. The van der Waals surface area contributed by atoms with Crippen LogP contribution in [-0.4, -0.2) is 35.3 Å². The topological polar surface area (TPSA) is 75.4 Å². The first-order valence-corrected chi connectivity index (χ1v) is 10.4. The van der Waals surface area contributed by atoms with Crippen LogP contribution in [0.25, 0.3) is 0 Å². The van der Waals surface area contributed by atoms with Gasteiger partial charge in [-0.15, -0.1) is 12.4 Å². The van der Waals surface area contributed by atoms with E-state index >= 15 is 0 Å². The van der Waals surface area contributed by atoms with Crippen LogP contribution < -0.4 is 11.1 Å². The van der Waals surface area contributed by atoms with Crippen molar-refractivity contribution in [1.29, 1.82) is 0 Å². The lowest BCUT2D eigenvalue weighted by Gasteiger charge is -2.45. The molecule has 2 aliphatic rings. The molecule has 2 fully saturated rings. The third-order valence-corrected chi connectivity index (χ3v) is 6.40. The Labute approximate surface area is 174 Å². The van der Waals surface area contributed by atoms with Crippen molar-refractivity contribution in [3.05, 3.63) is 30.3 Å². The van der Waals surface area contributed by atoms with Gasteiger partial charge in [-0.05, 0) is 63.0 Å². The molecule has 0 heterocycles. The summed E-state index contributed by atoms with van der Waals surface area (Å²) in [5.41, 5.74) is 7.15. The Morgan fingerprint density at radius 2 is 1.79 bits per heavy atom. The first kappa shape index (κ1) is 22.7. The second-order valence-electron chi connectivity index (χ2n) is 8.26. The van der Waals surface area contributed by atoms with Gasteiger partial charge in [0.25, 0.3) is 0 Å². The highest BCUT2D eigenvalue weighted by Crippen LogP contribution is 2.42. The van der Waals surface area contributed by atoms with Crippen LogP contribution in [0.15, 0.2) is 30.3 Å². The van der Waals surface area contributed by atoms with Crippen molar-refractivity contribution >= 4 is 29.9 Å². The predicted octanol–water partition coefficient (Wildman–Crippen LogP) is 3.83. The molecule has 2 saturated carbocycles. The summed E-state index contributed by atoms with van der Waals surface area (Å²) >= 11 is 0. The van der Waals surface area contributed by atoms with Gasteiger partial charge in [0.05, 0.1) is 0 Å². The number of nitrogens with two attached hydrogens (primary N) is 1. The number of nitrogens with one attached hydrogen (secondary N) is 1. The smallest absolute Gasteiger partial charge is 0.246 e. The molecule has 3 unspecified atom stereocenters. The number of amides is 2. The van der Waals surface area contributed by atoms with Crippen LogP contribution in [0.4, 0.5) is 5.69 Å². The largest absolute Gasteiger partial charge is 0.331 e. The molecular formula is C22H34ClN3O2. The third-order valence-electron chi connectivity index (χ3n) is 6.40. The van der Waals surface area contributed by atoms with Gasteiger partial charge in [0.2, 0.25) is 11.8 Å². The summed E-state index contributed by atoms with van der Waals surface area (Å²) in [6, 6.07) is 9.19. The first-order chi connectivity index (χ1) is 13.0. The molecule has 28 heavy (non-hydrogen) atoms. The Hall–Kier alpha value is -1.59. The maximum atomic E-state index is 13.3. The zero-order valence-corrected chi connectivity index (χ0v) is 17.8. The third kappa shape index (κ3) is 5.06. The molecule has 0 radical (unpaired) electrons. The van der Waals surface area contributed by atoms with Crippen molar-refractivity contribution in [2.75, 3.05) is 11.9 Å². The number of rotatable bonds is 6. The minimum Gasteiger partial charge on any atom is -0.331 e. The summed E-state index contributed by atoms with van der Waals surface area (Å²) in [7, 11) is 0. The molecule has 2 amide bonds. The number of halogens is 1. The average molecular weight is 408 g/mol. The van der Waals surface area contributed by atoms with Crippen LogP contribution in [0, 0.1) is 17.8 Å². The summed E-state index contributed by atoms with van der Waals surface area (Å²) in [6.45, 7) is 4.49. The molecule has 6 heteroatoms. The standard InChI is InChI=1S/C22H33N3O2.ClH/c1-3-12-25(15(2)21(26)24-19-10-5-4-6-11-19)22(27)18-13-16-8-7-9-17(14-18)20(16)23;/h4-6,10-11,15-18,20H,3,7-9,12-14,23H2,1-2H3,(H,24,26);1H. The summed E-state index contributed by atoms with van der Waals surface area (Å²) in [5, 5.41) is 2.93. The summed E-state index contributed by atoms with van der Waals surface area (Å²) in [4.78, 5) is 27.9. The number of nitrogens with zero attached hydrogens (tertiary/aromatic N) is 1. The Morgan fingerprint density at radius 1 is 1.18 bits per heavy atom. The molecule has 156 valence electrons. The predicted molar refractivity (Wildman–Crippen MR) is 115 cm³/mol. The highest BCUT2D eigenvalue weighted by Gasteiger charge is 2.42. The molecule has 0 saturated heterocycles. The van der Waals surface area contributed by atoms with E-state index in [1.807, 2.05) is 44.2 Å². The summed E-state index contributed by atoms with van der Waals surface area (Å²) < 4.78 is 0. The van der Waals surface area contributed by atoms with E-state index < -0.39 is 6.04 Å². The lowest BCUT2D eigenvalue weighted by atomic mass is 9.65. The van der Waals surface area contributed by atoms with Crippen molar-refractivity contribution in [1.82, 2.24) is 4.90 Å². The number of hydrogen-bond donors (Lipinski definition) is 2. The Bertz CT molecular complexity index is 640. The van der Waals surface area contributed by atoms with Crippen molar-refractivity contribution in [2.24, 2.45) is 23.5 Å². The fourth-order valence-corrected chi connectivity index (χ4v) is 4.87. The van der Waals surface area contributed by atoms with Gasteiger partial charge >= 0.3 is 0 Å². The number of hydrogen-bond acceptors (Lipinski definition) is 3. The molecule has 1 aromatic rings. The number of para-hydroxylation sites is 1. The van der Waals surface area contributed by atoms with Crippen LogP contribution >= 0.6 is 12.4 Å². The number of carbonyl (C=O) groups excluding carboxylic acids is 2. The van der Waals surface area contributed by atoms with Crippen molar-refractivity contribution in [3.8, 4) is 0 Å². The fraction of sp³-hybridized carbons (Fsp3) is 0.636. The van der Waals surface area contributed by atoms with Gasteiger partial charge in [-0.25, -0.2) is 0 Å². The van der Waals surface area contributed by atoms with Gasteiger partial charge < -0.3 is 16.0 Å². The van der Waals surface area contributed by atoms with Crippen LogP contribution in [0.5, 0.6) is 0 Å². The van der Waals surface area contributed by atoms with Crippen LogP contribution in [0.3, 0.4) is 0 Å². The number of anilines is 1. The highest BCUT2D eigenvalue weighted by atomic mass is 35.5. The van der Waals surface area contributed by atoms with E-state index in [1.54, 1.807) is 4.90 Å². The molecule has 3 N–H and O–H groups in total. The minimum absolute atomic E-state index is 0. The zero-order chi connectivity index (χ0) is 19.4. The molecule has 0 spiro atoms. The molecule has 2 bridgehead atoms. The van der Waals surface area contributed by atoms with Crippen LogP contribution in [0.1, 0.15) is 52.4 Å². The molecule has 3 rings (SSSR count). The van der Waals surface area contributed by atoms with E-state index in [0.717, 1.165) is 37.8 Å². The number of fused-ring (bicyclic) bond motifs is 2. The molecule has 0 aromatic heterocycles. The fourth-order valence-electron chi connectivity index (χ4n) is 4.87. The summed E-state index contributed by atoms with van der Waals surface area (Å²) in [5.74, 6) is 0.942. The maximum absolute atomic E-state index is 13.3. The normalized spacial score (nSPS) is 27.2. The lowest BCUT2D eigenvalue weighted by molar-refractivity contribution is -0.144. The van der Waals surface area contributed by atoms with Crippen LogP contribution in [0.2, 0.25) is 0 Å². The first-order valence-electron chi connectivity index (χ1n) is 10.4. The molecular weight excluding hydrogens is 374 g/mol. The molecule has 1 aromatic carbocycles. The number of carbonyl (C=O) groups is 2. The quantitative estimate of drug-likeness (QED) is 0.752. The lowest BCUT2D eigenvalue weighted by Crippen LogP contribution is -2.53. The molecule has 5 nitrogen and oxygen atoms in total. The van der Waals surface area contributed by atoms with Crippen molar-refractivity contribution in [3.63, 3.8) is 0 Å². The van der Waals surface area contributed by atoms with E-state index in [4.69, 9.17) is 5.73 Å². The van der Waals surface area contributed by atoms with E-state index in [2.05, 4.69) is 5.32 Å².